The van der Waals surface area contributed by atoms with Crippen molar-refractivity contribution in [1.29, 1.82) is 0 Å². The lowest BCUT2D eigenvalue weighted by Crippen LogP contribution is -2.09. The summed E-state index contributed by atoms with van der Waals surface area (Å²) in [5, 5.41) is 1.00. The number of nitrogens with two attached hydrogens (primary N) is 1. The van der Waals surface area contributed by atoms with Gasteiger partial charge in [0, 0.05) is 22.8 Å². The normalized spacial score (nSPS) is 14.6. The second-order valence-electron chi connectivity index (χ2n) is 5.75. The Morgan fingerprint density at radius 1 is 1.18 bits per heavy atom. The van der Waals surface area contributed by atoms with Gasteiger partial charge in [-0.1, -0.05) is 32.1 Å². The van der Waals surface area contributed by atoms with Gasteiger partial charge in [0.15, 0.2) is 0 Å². The van der Waals surface area contributed by atoms with E-state index in [9.17, 15) is 8.42 Å². The molecule has 22 heavy (non-hydrogen) atoms. The first-order chi connectivity index (χ1) is 10.5. The van der Waals surface area contributed by atoms with Gasteiger partial charge in [0.05, 0.1) is 6.26 Å². The van der Waals surface area contributed by atoms with Gasteiger partial charge in [-0.05, 0) is 36.7 Å². The molecule has 0 amide bonds. The first kappa shape index (κ1) is 16.8. The average molecular weight is 323 g/mol. The fraction of sp³-hybridized carbons (Fsp3) is 0.500. The number of anilines is 1. The molecule has 1 heterocycles. The quantitative estimate of drug-likeness (QED) is 0.808. The highest BCUT2D eigenvalue weighted by atomic mass is 32.2. The van der Waals surface area contributed by atoms with Crippen LogP contribution in [0.3, 0.4) is 0 Å². The molecule has 1 saturated carbocycles. The van der Waals surface area contributed by atoms with Crippen LogP contribution in [0.15, 0.2) is 24.4 Å². The average Bonchev–Trinajstić information content (AvgIpc) is 3.11. The van der Waals surface area contributed by atoms with E-state index in [1.165, 1.54) is 32.1 Å². The van der Waals surface area contributed by atoms with Crippen LogP contribution >= 0.6 is 0 Å². The van der Waals surface area contributed by atoms with Gasteiger partial charge in [0.2, 0.25) is 10.0 Å². The first-order valence-corrected chi connectivity index (χ1v) is 9.66. The van der Waals surface area contributed by atoms with Gasteiger partial charge >= 0.3 is 0 Å². The van der Waals surface area contributed by atoms with E-state index in [2.05, 4.69) is 9.71 Å². The minimum atomic E-state index is -3.24. The number of sulfonamides is 1. The van der Waals surface area contributed by atoms with E-state index < -0.39 is 10.0 Å². The van der Waals surface area contributed by atoms with E-state index in [-0.39, 0.29) is 0 Å². The third kappa shape index (κ3) is 5.03. The van der Waals surface area contributed by atoms with Gasteiger partial charge in [0.25, 0.3) is 0 Å². The highest BCUT2D eigenvalue weighted by molar-refractivity contribution is 7.92. The molecular formula is C16H25N3O2S. The molecule has 122 valence electrons. The van der Waals surface area contributed by atoms with Gasteiger partial charge < -0.3 is 10.7 Å². The lowest BCUT2D eigenvalue weighted by Gasteiger charge is -2.04. The molecule has 5 nitrogen and oxygen atoms in total. The standard InChI is InChI=1S/C11H15N3O2S.C5H10/c1-17(15,16)14-9-2-3-11-10(6-9)8(4-5-12)7-13-11;1-2-4-5-3-1/h2-3,6-7,13-14H,4-5,12H2,1H3;1-5H2. The van der Waals surface area contributed by atoms with Crippen molar-refractivity contribution in [3.63, 3.8) is 0 Å². The molecule has 2 aromatic rings. The molecule has 0 spiro atoms. The molecule has 3 rings (SSSR count). The third-order valence-corrected chi connectivity index (χ3v) is 4.34. The summed E-state index contributed by atoms with van der Waals surface area (Å²) in [6, 6.07) is 5.40. The number of hydrogen-bond acceptors (Lipinski definition) is 3. The number of fused-ring (bicyclic) bond motifs is 1. The number of aromatic amines is 1. The van der Waals surface area contributed by atoms with E-state index in [4.69, 9.17) is 5.73 Å². The monoisotopic (exact) mass is 323 g/mol. The van der Waals surface area contributed by atoms with E-state index in [0.29, 0.717) is 12.2 Å². The van der Waals surface area contributed by atoms with Crippen molar-refractivity contribution < 1.29 is 8.42 Å². The van der Waals surface area contributed by atoms with Crippen LogP contribution in [0.4, 0.5) is 5.69 Å². The number of H-pyrrole nitrogens is 1. The molecule has 0 aliphatic heterocycles. The summed E-state index contributed by atoms with van der Waals surface area (Å²) in [4.78, 5) is 3.13. The lowest BCUT2D eigenvalue weighted by atomic mass is 10.1. The van der Waals surface area contributed by atoms with Crippen LogP contribution < -0.4 is 10.5 Å². The van der Waals surface area contributed by atoms with Crippen molar-refractivity contribution in [2.24, 2.45) is 5.73 Å². The predicted octanol–water partition coefficient (Wildman–Crippen LogP) is 2.99. The number of rotatable bonds is 4. The summed E-state index contributed by atoms with van der Waals surface area (Å²) in [5.74, 6) is 0. The fourth-order valence-corrected chi connectivity index (χ4v) is 3.26. The van der Waals surface area contributed by atoms with Gasteiger partial charge in [0.1, 0.15) is 0 Å². The second kappa shape index (κ2) is 7.65. The summed E-state index contributed by atoms with van der Waals surface area (Å²) in [6.07, 6.45) is 11.3. The Kier molecular flexibility index (Phi) is 5.85. The fourth-order valence-electron chi connectivity index (χ4n) is 2.70. The Morgan fingerprint density at radius 2 is 1.82 bits per heavy atom. The molecule has 0 unspecified atom stereocenters. The zero-order valence-electron chi connectivity index (χ0n) is 13.1. The molecule has 0 saturated heterocycles. The summed E-state index contributed by atoms with van der Waals surface area (Å²) in [6.45, 7) is 0.566. The zero-order chi connectivity index (χ0) is 16.0. The van der Waals surface area contributed by atoms with Crippen molar-refractivity contribution in [2.45, 2.75) is 38.5 Å². The summed E-state index contributed by atoms with van der Waals surface area (Å²) in [7, 11) is -3.24. The van der Waals surface area contributed by atoms with Gasteiger partial charge in [-0.3, -0.25) is 4.72 Å². The number of benzene rings is 1. The van der Waals surface area contributed by atoms with Crippen LogP contribution in [-0.4, -0.2) is 26.2 Å². The maximum Gasteiger partial charge on any atom is 0.229 e. The Morgan fingerprint density at radius 3 is 2.36 bits per heavy atom. The van der Waals surface area contributed by atoms with Crippen LogP contribution in [0.1, 0.15) is 37.7 Å². The topological polar surface area (TPSA) is 88.0 Å². The van der Waals surface area contributed by atoms with Crippen LogP contribution in [-0.2, 0) is 16.4 Å². The lowest BCUT2D eigenvalue weighted by molar-refractivity contribution is 0.607. The highest BCUT2D eigenvalue weighted by Crippen LogP contribution is 2.23. The molecule has 4 N–H and O–H groups in total. The van der Waals surface area contributed by atoms with Crippen molar-refractivity contribution >= 4 is 26.6 Å². The van der Waals surface area contributed by atoms with Crippen molar-refractivity contribution in [3.8, 4) is 0 Å². The number of nitrogens with one attached hydrogen (secondary N) is 2. The smallest absolute Gasteiger partial charge is 0.229 e. The Bertz CT molecular complexity index is 696. The molecule has 0 bridgehead atoms. The van der Waals surface area contributed by atoms with Crippen molar-refractivity contribution in [3.05, 3.63) is 30.0 Å². The molecule has 0 atom stereocenters. The van der Waals surface area contributed by atoms with E-state index in [1.54, 1.807) is 6.07 Å². The van der Waals surface area contributed by atoms with Crippen LogP contribution in [0.5, 0.6) is 0 Å². The summed E-state index contributed by atoms with van der Waals surface area (Å²) in [5.41, 5.74) is 8.17. The van der Waals surface area contributed by atoms with Crippen LogP contribution in [0, 0.1) is 0 Å². The molecule has 0 radical (unpaired) electrons. The Hall–Kier alpha value is -1.53. The van der Waals surface area contributed by atoms with E-state index >= 15 is 0 Å². The van der Waals surface area contributed by atoms with Crippen molar-refractivity contribution in [1.82, 2.24) is 4.98 Å². The SMILES string of the molecule is C1CCCC1.CS(=O)(=O)Nc1ccc2[nH]cc(CCN)c2c1. The summed E-state index contributed by atoms with van der Waals surface area (Å²) < 4.78 is 24.8. The Labute approximate surface area is 132 Å². The van der Waals surface area contributed by atoms with Gasteiger partial charge in [-0.2, -0.15) is 0 Å². The molecule has 1 aliphatic rings. The second-order valence-corrected chi connectivity index (χ2v) is 7.50. The van der Waals surface area contributed by atoms with Crippen LogP contribution in [0.25, 0.3) is 10.9 Å². The maximum atomic E-state index is 11.1. The maximum absolute atomic E-state index is 11.1. The molecular weight excluding hydrogens is 298 g/mol. The molecule has 1 aromatic heterocycles. The number of hydrogen-bond donors (Lipinski definition) is 3. The zero-order valence-corrected chi connectivity index (χ0v) is 13.9. The van der Waals surface area contributed by atoms with Gasteiger partial charge in [-0.25, -0.2) is 8.42 Å². The molecule has 1 aromatic carbocycles. The van der Waals surface area contributed by atoms with E-state index in [1.807, 2.05) is 18.3 Å². The Balaban J connectivity index is 0.000000299. The van der Waals surface area contributed by atoms with Gasteiger partial charge in [-0.15, -0.1) is 0 Å². The minimum Gasteiger partial charge on any atom is -0.361 e. The summed E-state index contributed by atoms with van der Waals surface area (Å²) >= 11 is 0. The highest BCUT2D eigenvalue weighted by Gasteiger charge is 2.06. The van der Waals surface area contributed by atoms with Crippen LogP contribution in [0.2, 0.25) is 0 Å². The third-order valence-electron chi connectivity index (χ3n) is 3.73. The predicted molar refractivity (Wildman–Crippen MR) is 92.6 cm³/mol. The van der Waals surface area contributed by atoms with E-state index in [0.717, 1.165) is 29.1 Å². The molecule has 6 heteroatoms. The molecule has 1 aliphatic carbocycles. The molecule has 1 fully saturated rings. The van der Waals surface area contributed by atoms with Crippen molar-refractivity contribution in [2.75, 3.05) is 17.5 Å². The first-order valence-electron chi connectivity index (χ1n) is 7.77. The minimum absolute atomic E-state index is 0.566. The number of aromatic nitrogens is 1. The largest absolute Gasteiger partial charge is 0.361 e.